The molecule has 0 bridgehead atoms. The van der Waals surface area contributed by atoms with E-state index >= 15 is 0 Å². The van der Waals surface area contributed by atoms with Crippen molar-refractivity contribution in [3.8, 4) is 0 Å². The largest absolute Gasteiger partial charge is 0.346 e. The van der Waals surface area contributed by atoms with Crippen molar-refractivity contribution in [3.05, 3.63) is 9.47 Å². The van der Waals surface area contributed by atoms with Gasteiger partial charge in [-0.25, -0.2) is 0 Å². The normalized spacial score (nSPS) is 45.4. The highest BCUT2D eigenvalue weighted by Crippen LogP contribution is 2.41. The topological polar surface area (TPSA) is 46.2 Å². The SMILES string of the molecule is CC1(C)O[C@H]2O[C@H](C=C(Br)Br)[C@@H]3OCO[C@@H]3[C@H]2O1. The molecule has 0 N–H and O–H groups in total. The fraction of sp³-hybridized carbons (Fsp3) is 0.818. The molecule has 0 aromatic rings. The van der Waals surface area contributed by atoms with E-state index < -0.39 is 12.1 Å². The van der Waals surface area contributed by atoms with E-state index in [-0.39, 0.29) is 31.2 Å². The van der Waals surface area contributed by atoms with Crippen LogP contribution in [0.3, 0.4) is 0 Å². The average molecular weight is 386 g/mol. The number of ether oxygens (including phenoxy) is 5. The summed E-state index contributed by atoms with van der Waals surface area (Å²) >= 11 is 6.66. The van der Waals surface area contributed by atoms with Gasteiger partial charge in [-0.2, -0.15) is 0 Å². The first-order valence-corrected chi connectivity index (χ1v) is 7.32. The molecule has 5 nitrogen and oxygen atoms in total. The van der Waals surface area contributed by atoms with Gasteiger partial charge in [-0.05, 0) is 51.8 Å². The zero-order valence-electron chi connectivity index (χ0n) is 9.97. The molecule has 0 aromatic heterocycles. The Balaban J connectivity index is 1.85. The van der Waals surface area contributed by atoms with E-state index in [4.69, 9.17) is 23.7 Å². The van der Waals surface area contributed by atoms with Crippen molar-refractivity contribution in [2.24, 2.45) is 0 Å². The van der Waals surface area contributed by atoms with E-state index in [0.717, 1.165) is 3.39 Å². The lowest BCUT2D eigenvalue weighted by Gasteiger charge is -2.36. The van der Waals surface area contributed by atoms with Crippen molar-refractivity contribution in [1.82, 2.24) is 0 Å². The highest BCUT2D eigenvalue weighted by molar-refractivity contribution is 9.28. The van der Waals surface area contributed by atoms with E-state index in [1.807, 2.05) is 19.9 Å². The summed E-state index contributed by atoms with van der Waals surface area (Å²) in [5, 5.41) is 0. The monoisotopic (exact) mass is 384 g/mol. The van der Waals surface area contributed by atoms with Crippen LogP contribution in [-0.2, 0) is 23.7 Å². The molecule has 3 rings (SSSR count). The molecule has 18 heavy (non-hydrogen) atoms. The maximum atomic E-state index is 5.88. The minimum atomic E-state index is -0.657. The molecule has 3 saturated heterocycles. The van der Waals surface area contributed by atoms with Crippen LogP contribution in [0.4, 0.5) is 0 Å². The Morgan fingerprint density at radius 1 is 1.11 bits per heavy atom. The molecule has 0 amide bonds. The third-order valence-corrected chi connectivity index (χ3v) is 3.69. The highest BCUT2D eigenvalue weighted by Gasteiger charge is 2.57. The zero-order chi connectivity index (χ0) is 12.9. The second kappa shape index (κ2) is 4.80. The first-order valence-electron chi connectivity index (χ1n) is 5.73. The van der Waals surface area contributed by atoms with E-state index in [0.29, 0.717) is 0 Å². The van der Waals surface area contributed by atoms with Gasteiger partial charge >= 0.3 is 0 Å². The van der Waals surface area contributed by atoms with Crippen LogP contribution in [-0.4, -0.2) is 43.3 Å². The zero-order valence-corrected chi connectivity index (χ0v) is 13.1. The van der Waals surface area contributed by atoms with Crippen LogP contribution in [0.2, 0.25) is 0 Å². The Kier molecular flexibility index (Phi) is 3.60. The van der Waals surface area contributed by atoms with Gasteiger partial charge in [-0.15, -0.1) is 0 Å². The molecular weight excluding hydrogens is 372 g/mol. The maximum Gasteiger partial charge on any atom is 0.190 e. The van der Waals surface area contributed by atoms with Crippen molar-refractivity contribution in [2.75, 3.05) is 6.79 Å². The lowest BCUT2D eigenvalue weighted by molar-refractivity contribution is -0.220. The second-order valence-corrected chi connectivity index (χ2v) is 7.68. The van der Waals surface area contributed by atoms with Crippen LogP contribution < -0.4 is 0 Å². The number of fused-ring (bicyclic) bond motifs is 3. The summed E-state index contributed by atoms with van der Waals surface area (Å²) in [4.78, 5) is 0. The van der Waals surface area contributed by atoms with Crippen LogP contribution in [0, 0.1) is 0 Å². The number of halogens is 2. The van der Waals surface area contributed by atoms with Gasteiger partial charge in [0.15, 0.2) is 12.1 Å². The maximum absolute atomic E-state index is 5.88. The van der Waals surface area contributed by atoms with E-state index in [2.05, 4.69) is 31.9 Å². The minimum Gasteiger partial charge on any atom is -0.346 e. The van der Waals surface area contributed by atoms with Crippen LogP contribution in [0.25, 0.3) is 0 Å². The van der Waals surface area contributed by atoms with Gasteiger partial charge in [0, 0.05) is 0 Å². The Morgan fingerprint density at radius 2 is 1.83 bits per heavy atom. The van der Waals surface area contributed by atoms with Gasteiger partial charge in [-0.3, -0.25) is 0 Å². The van der Waals surface area contributed by atoms with Gasteiger partial charge in [0.1, 0.15) is 31.2 Å². The summed E-state index contributed by atoms with van der Waals surface area (Å²) < 4.78 is 29.4. The van der Waals surface area contributed by atoms with Crippen LogP contribution in [0.1, 0.15) is 13.8 Å². The molecule has 3 heterocycles. The average Bonchev–Trinajstić information content (AvgIpc) is 2.79. The summed E-state index contributed by atoms with van der Waals surface area (Å²) in [5.41, 5.74) is 0. The van der Waals surface area contributed by atoms with Crippen molar-refractivity contribution in [3.63, 3.8) is 0 Å². The van der Waals surface area contributed by atoms with Gasteiger partial charge in [0.05, 0.1) is 3.39 Å². The second-order valence-electron chi connectivity index (χ2n) is 4.91. The molecule has 0 aliphatic carbocycles. The van der Waals surface area contributed by atoms with Crippen molar-refractivity contribution in [1.29, 1.82) is 0 Å². The predicted octanol–water partition coefficient (Wildman–Crippen LogP) is 2.24. The Morgan fingerprint density at radius 3 is 2.56 bits per heavy atom. The Labute approximate surface area is 122 Å². The van der Waals surface area contributed by atoms with Gasteiger partial charge in [0.2, 0.25) is 0 Å². The standard InChI is InChI=1S/C11H14Br2O5/c1-11(2)17-9-8-7(14-4-15-8)5(3-6(12)13)16-10(9)18-11/h3,5,7-10H,4H2,1-2H3/t5-,7+,8+,9-,10-/m1/s1. The third kappa shape index (κ3) is 2.42. The van der Waals surface area contributed by atoms with Crippen molar-refractivity contribution >= 4 is 31.9 Å². The number of hydrogen-bond donors (Lipinski definition) is 0. The molecule has 102 valence electrons. The molecule has 0 radical (unpaired) electrons. The number of rotatable bonds is 1. The number of hydrogen-bond acceptors (Lipinski definition) is 5. The molecular formula is C11H14Br2O5. The smallest absolute Gasteiger partial charge is 0.190 e. The van der Waals surface area contributed by atoms with Crippen LogP contribution in [0.15, 0.2) is 9.47 Å². The van der Waals surface area contributed by atoms with E-state index in [1.54, 1.807) is 0 Å². The molecule has 0 saturated carbocycles. The summed E-state index contributed by atoms with van der Waals surface area (Å²) in [7, 11) is 0. The molecule has 5 atom stereocenters. The van der Waals surface area contributed by atoms with Crippen LogP contribution >= 0.6 is 31.9 Å². The van der Waals surface area contributed by atoms with E-state index in [9.17, 15) is 0 Å². The van der Waals surface area contributed by atoms with Gasteiger partial charge in [-0.1, -0.05) is 0 Å². The molecule has 3 aliphatic rings. The van der Waals surface area contributed by atoms with Crippen LogP contribution in [0.5, 0.6) is 0 Å². The first-order chi connectivity index (χ1) is 8.46. The van der Waals surface area contributed by atoms with Crippen molar-refractivity contribution < 1.29 is 23.7 Å². The summed E-state index contributed by atoms with van der Waals surface area (Å²) in [6.45, 7) is 3.99. The first kappa shape index (κ1) is 13.5. The lowest BCUT2D eigenvalue weighted by atomic mass is 9.99. The Hall–Kier alpha value is 0.500. The van der Waals surface area contributed by atoms with Gasteiger partial charge in [0.25, 0.3) is 0 Å². The molecule has 0 aromatic carbocycles. The minimum absolute atomic E-state index is 0.161. The molecule has 3 fully saturated rings. The molecule has 0 spiro atoms. The fourth-order valence-electron chi connectivity index (χ4n) is 2.53. The van der Waals surface area contributed by atoms with Crippen molar-refractivity contribution in [2.45, 2.75) is 50.3 Å². The summed E-state index contributed by atoms with van der Waals surface area (Å²) in [6, 6.07) is 0. The predicted molar refractivity (Wildman–Crippen MR) is 69.2 cm³/mol. The quantitative estimate of drug-likeness (QED) is 0.692. The lowest BCUT2D eigenvalue weighted by Crippen LogP contribution is -2.54. The van der Waals surface area contributed by atoms with Gasteiger partial charge < -0.3 is 23.7 Å². The highest BCUT2D eigenvalue weighted by atomic mass is 79.9. The van der Waals surface area contributed by atoms with E-state index in [1.165, 1.54) is 0 Å². The molecule has 7 heteroatoms. The molecule has 3 aliphatic heterocycles. The Bertz CT molecular complexity index is 368. The third-order valence-electron chi connectivity index (χ3n) is 3.16. The summed E-state index contributed by atoms with van der Waals surface area (Å²) in [6.07, 6.45) is 0.650. The summed E-state index contributed by atoms with van der Waals surface area (Å²) in [5.74, 6) is -0.657. The molecule has 0 unspecified atom stereocenters. The fourth-order valence-corrected chi connectivity index (χ4v) is 3.05.